The topological polar surface area (TPSA) is 29.3 Å². The molecule has 2 heteroatoms. The average Bonchev–Trinajstić information content (AvgIpc) is 1.91. The molecule has 1 atom stereocenters. The Bertz CT molecular complexity index is 87.3. The Hall–Kier alpha value is -0.340. The minimum absolute atomic E-state index is 0.512. The number of hydrogen-bond acceptors (Lipinski definition) is 2. The highest BCUT2D eigenvalue weighted by Crippen LogP contribution is 1.98. The summed E-state index contributed by atoms with van der Waals surface area (Å²) in [6.07, 6.45) is 3.01. The minimum atomic E-state index is 0.512. The van der Waals surface area contributed by atoms with Gasteiger partial charge in [-0.2, -0.15) is 0 Å². The predicted octanol–water partition coefficient (Wildman–Crippen LogP) is 0.841. The molecule has 0 amide bonds. The quantitative estimate of drug-likeness (QED) is 0.576. The number of hydrogen-bond donors (Lipinski definition) is 1. The normalized spacial score (nSPS) is 13.6. The summed E-state index contributed by atoms with van der Waals surface area (Å²) in [7, 11) is 2.07. The van der Waals surface area contributed by atoms with Crippen molar-refractivity contribution in [3.8, 4) is 0 Å². The Morgan fingerprint density at radius 1 is 1.70 bits per heavy atom. The lowest BCUT2D eigenvalue weighted by molar-refractivity contribution is 0.265. The number of nitrogens with zero attached hydrogens (tertiary/aromatic N) is 1. The van der Waals surface area contributed by atoms with Crippen molar-refractivity contribution in [2.45, 2.75) is 19.4 Å². The van der Waals surface area contributed by atoms with E-state index in [1.54, 1.807) is 0 Å². The maximum absolute atomic E-state index is 5.54. The summed E-state index contributed by atoms with van der Waals surface area (Å²) in [6, 6.07) is 0.512. The predicted molar refractivity (Wildman–Crippen MR) is 46.0 cm³/mol. The van der Waals surface area contributed by atoms with Crippen molar-refractivity contribution < 1.29 is 0 Å². The minimum Gasteiger partial charge on any atom is -0.329 e. The summed E-state index contributed by atoms with van der Waals surface area (Å²) in [5, 5.41) is 0. The Kier molecular flexibility index (Phi) is 5.26. The van der Waals surface area contributed by atoms with E-state index in [9.17, 15) is 0 Å². The van der Waals surface area contributed by atoms with Gasteiger partial charge in [-0.3, -0.25) is 4.90 Å². The van der Waals surface area contributed by atoms with Crippen LogP contribution >= 0.6 is 0 Å². The van der Waals surface area contributed by atoms with Crippen molar-refractivity contribution in [1.82, 2.24) is 4.90 Å². The van der Waals surface area contributed by atoms with Crippen LogP contribution in [-0.2, 0) is 0 Å². The van der Waals surface area contributed by atoms with Crippen LogP contribution in [0.3, 0.4) is 0 Å². The van der Waals surface area contributed by atoms with E-state index < -0.39 is 0 Å². The molecule has 0 aliphatic heterocycles. The lowest BCUT2D eigenvalue weighted by atomic mass is 10.2. The molecule has 0 rings (SSSR count). The van der Waals surface area contributed by atoms with Crippen LogP contribution in [0, 0.1) is 0 Å². The number of nitrogens with two attached hydrogens (primary N) is 1. The fraction of sp³-hybridized carbons (Fsp3) is 0.750. The molecule has 0 aliphatic rings. The molecule has 2 nitrogen and oxygen atoms in total. The first-order valence-corrected chi connectivity index (χ1v) is 3.77. The van der Waals surface area contributed by atoms with Crippen molar-refractivity contribution in [2.24, 2.45) is 5.73 Å². The van der Waals surface area contributed by atoms with Crippen LogP contribution in [0.5, 0.6) is 0 Å². The highest BCUT2D eigenvalue weighted by atomic mass is 15.1. The van der Waals surface area contributed by atoms with Crippen LogP contribution in [0.25, 0.3) is 0 Å². The van der Waals surface area contributed by atoms with Crippen molar-refractivity contribution >= 4 is 0 Å². The second-order valence-electron chi connectivity index (χ2n) is 2.53. The zero-order valence-electron chi connectivity index (χ0n) is 7.01. The van der Waals surface area contributed by atoms with E-state index in [0.29, 0.717) is 6.04 Å². The second kappa shape index (κ2) is 5.45. The molecule has 1 unspecified atom stereocenters. The summed E-state index contributed by atoms with van der Waals surface area (Å²) in [4.78, 5) is 2.22. The fourth-order valence-electron chi connectivity index (χ4n) is 1.01. The standard InChI is InChI=1S/C8H18N2/c1-4-6-10(3)8(5-2)7-9/h4,8H,1,5-7,9H2,2-3H3. The third-order valence-electron chi connectivity index (χ3n) is 1.78. The molecule has 0 aromatic carbocycles. The van der Waals surface area contributed by atoms with Crippen molar-refractivity contribution in [2.75, 3.05) is 20.1 Å². The molecule has 60 valence electrons. The average molecular weight is 142 g/mol. The molecule has 0 heterocycles. The van der Waals surface area contributed by atoms with Gasteiger partial charge in [0, 0.05) is 19.1 Å². The summed E-state index contributed by atoms with van der Waals surface area (Å²) < 4.78 is 0. The first-order valence-electron chi connectivity index (χ1n) is 3.77. The molecule has 0 spiro atoms. The van der Waals surface area contributed by atoms with Crippen LogP contribution in [0.4, 0.5) is 0 Å². The Morgan fingerprint density at radius 2 is 2.30 bits per heavy atom. The summed E-state index contributed by atoms with van der Waals surface area (Å²) in [5.74, 6) is 0. The van der Waals surface area contributed by atoms with E-state index in [4.69, 9.17) is 5.73 Å². The van der Waals surface area contributed by atoms with Crippen LogP contribution in [0.15, 0.2) is 12.7 Å². The summed E-state index contributed by atoms with van der Waals surface area (Å²) >= 11 is 0. The van der Waals surface area contributed by atoms with Gasteiger partial charge in [-0.25, -0.2) is 0 Å². The zero-order chi connectivity index (χ0) is 7.98. The maximum Gasteiger partial charge on any atom is 0.0216 e. The third kappa shape index (κ3) is 2.99. The smallest absolute Gasteiger partial charge is 0.0216 e. The second-order valence-corrected chi connectivity index (χ2v) is 2.53. The van der Waals surface area contributed by atoms with Gasteiger partial charge in [-0.1, -0.05) is 13.0 Å². The molecule has 0 saturated heterocycles. The van der Waals surface area contributed by atoms with Crippen molar-refractivity contribution in [3.63, 3.8) is 0 Å². The van der Waals surface area contributed by atoms with Crippen molar-refractivity contribution in [3.05, 3.63) is 12.7 Å². The lowest BCUT2D eigenvalue weighted by Gasteiger charge is -2.23. The van der Waals surface area contributed by atoms with Gasteiger partial charge in [-0.05, 0) is 13.5 Å². The van der Waals surface area contributed by atoms with Gasteiger partial charge in [-0.15, -0.1) is 6.58 Å². The van der Waals surface area contributed by atoms with Gasteiger partial charge in [0.05, 0.1) is 0 Å². The fourth-order valence-corrected chi connectivity index (χ4v) is 1.01. The van der Waals surface area contributed by atoms with E-state index in [-0.39, 0.29) is 0 Å². The Morgan fingerprint density at radius 3 is 2.60 bits per heavy atom. The Labute approximate surface area is 63.7 Å². The molecule has 0 aromatic rings. The van der Waals surface area contributed by atoms with Crippen molar-refractivity contribution in [1.29, 1.82) is 0 Å². The van der Waals surface area contributed by atoms with Crippen LogP contribution in [-0.4, -0.2) is 31.1 Å². The number of likely N-dealkylation sites (N-methyl/N-ethyl adjacent to an activating group) is 1. The van der Waals surface area contributed by atoms with E-state index >= 15 is 0 Å². The molecule has 0 aromatic heterocycles. The third-order valence-corrected chi connectivity index (χ3v) is 1.78. The summed E-state index contributed by atoms with van der Waals surface area (Å²) in [5.41, 5.74) is 5.54. The lowest BCUT2D eigenvalue weighted by Crippen LogP contribution is -2.37. The van der Waals surface area contributed by atoms with Crippen LogP contribution in [0.2, 0.25) is 0 Å². The monoisotopic (exact) mass is 142 g/mol. The molecule has 0 saturated carbocycles. The van der Waals surface area contributed by atoms with E-state index in [1.165, 1.54) is 0 Å². The van der Waals surface area contributed by atoms with Gasteiger partial charge in [0.25, 0.3) is 0 Å². The molecule has 0 bridgehead atoms. The molecular weight excluding hydrogens is 124 g/mol. The van der Waals surface area contributed by atoms with Crippen LogP contribution < -0.4 is 5.73 Å². The highest BCUT2D eigenvalue weighted by molar-refractivity contribution is 4.76. The van der Waals surface area contributed by atoms with Gasteiger partial charge < -0.3 is 5.73 Å². The van der Waals surface area contributed by atoms with E-state index in [0.717, 1.165) is 19.5 Å². The zero-order valence-corrected chi connectivity index (χ0v) is 7.01. The first-order chi connectivity index (χ1) is 4.76. The van der Waals surface area contributed by atoms with E-state index in [1.807, 2.05) is 6.08 Å². The van der Waals surface area contributed by atoms with Gasteiger partial charge in [0.1, 0.15) is 0 Å². The molecule has 0 radical (unpaired) electrons. The molecular formula is C8H18N2. The number of rotatable bonds is 5. The molecule has 0 aliphatic carbocycles. The summed E-state index contributed by atoms with van der Waals surface area (Å²) in [6.45, 7) is 7.48. The molecule has 10 heavy (non-hydrogen) atoms. The largest absolute Gasteiger partial charge is 0.329 e. The SMILES string of the molecule is C=CCN(C)C(CC)CN. The first kappa shape index (κ1) is 9.66. The molecule has 2 N–H and O–H groups in total. The van der Waals surface area contributed by atoms with Gasteiger partial charge >= 0.3 is 0 Å². The van der Waals surface area contributed by atoms with E-state index in [2.05, 4.69) is 25.5 Å². The van der Waals surface area contributed by atoms with Crippen LogP contribution in [0.1, 0.15) is 13.3 Å². The Balaban J connectivity index is 3.63. The van der Waals surface area contributed by atoms with Gasteiger partial charge in [0.15, 0.2) is 0 Å². The maximum atomic E-state index is 5.54. The van der Waals surface area contributed by atoms with Gasteiger partial charge in [0.2, 0.25) is 0 Å². The molecule has 0 fully saturated rings. The highest BCUT2D eigenvalue weighted by Gasteiger charge is 2.07.